The zero-order valence-corrected chi connectivity index (χ0v) is 7.09. The molecule has 1 atom stereocenters. The fourth-order valence-electron chi connectivity index (χ4n) is 0.557. The lowest BCUT2D eigenvalue weighted by molar-refractivity contribution is -0.174. The van der Waals surface area contributed by atoms with Crippen LogP contribution in [-0.2, 0) is 14.3 Å². The number of alkyl halides is 3. The molecule has 1 unspecified atom stereocenters. The van der Waals surface area contributed by atoms with Crippen LogP contribution in [0, 0.1) is 0 Å². The lowest BCUT2D eigenvalue weighted by Gasteiger charge is -2.12. The van der Waals surface area contributed by atoms with Crippen molar-refractivity contribution in [2.75, 3.05) is 13.7 Å². The fraction of sp³-hybridized carbons (Fsp3) is 0.667. The Morgan fingerprint density at radius 2 is 2.00 bits per heavy atom. The maximum absolute atomic E-state index is 11.6. The van der Waals surface area contributed by atoms with Crippen molar-refractivity contribution in [2.24, 2.45) is 0 Å². The predicted molar refractivity (Wildman–Crippen MR) is 37.5 cm³/mol. The molecule has 82 valence electrons. The van der Waals surface area contributed by atoms with Gasteiger partial charge in [-0.25, -0.2) is 4.79 Å². The minimum Gasteiger partial charge on any atom is -0.479 e. The van der Waals surface area contributed by atoms with Crippen LogP contribution in [0.25, 0.3) is 0 Å². The molecule has 0 bridgehead atoms. The standard InChI is InChI=1S/C6H8F3NO4/c1-14-3(4(11)12)2-10-5(13)6(7,8)9/h3H,2H2,1H3,(H,10,13)(H,11,12). The molecule has 0 aromatic rings. The average molecular weight is 215 g/mol. The van der Waals surface area contributed by atoms with Crippen LogP contribution in [0.1, 0.15) is 0 Å². The number of hydrogen-bond acceptors (Lipinski definition) is 3. The molecule has 0 spiro atoms. The molecule has 0 aliphatic rings. The summed E-state index contributed by atoms with van der Waals surface area (Å²) in [7, 11) is 1.01. The number of rotatable bonds is 4. The summed E-state index contributed by atoms with van der Waals surface area (Å²) in [5, 5.41) is 9.72. The van der Waals surface area contributed by atoms with Gasteiger partial charge >= 0.3 is 18.1 Å². The van der Waals surface area contributed by atoms with E-state index in [4.69, 9.17) is 5.11 Å². The molecule has 0 saturated carbocycles. The number of halogens is 3. The highest BCUT2D eigenvalue weighted by molar-refractivity contribution is 5.82. The van der Waals surface area contributed by atoms with Crippen molar-refractivity contribution in [2.45, 2.75) is 12.3 Å². The van der Waals surface area contributed by atoms with E-state index in [1.807, 2.05) is 0 Å². The summed E-state index contributed by atoms with van der Waals surface area (Å²) in [5.41, 5.74) is 0. The molecule has 5 nitrogen and oxygen atoms in total. The minimum absolute atomic E-state index is 0.732. The summed E-state index contributed by atoms with van der Waals surface area (Å²) < 4.78 is 39.1. The Kier molecular flexibility index (Phi) is 4.35. The van der Waals surface area contributed by atoms with E-state index in [-0.39, 0.29) is 0 Å². The summed E-state index contributed by atoms with van der Waals surface area (Å²) >= 11 is 0. The number of aliphatic carboxylic acids is 1. The Bertz CT molecular complexity index is 228. The third-order valence-corrected chi connectivity index (χ3v) is 1.27. The van der Waals surface area contributed by atoms with Crippen LogP contribution in [0.5, 0.6) is 0 Å². The van der Waals surface area contributed by atoms with Crippen LogP contribution in [-0.4, -0.2) is 42.9 Å². The number of hydrogen-bond donors (Lipinski definition) is 2. The second kappa shape index (κ2) is 4.80. The third-order valence-electron chi connectivity index (χ3n) is 1.27. The van der Waals surface area contributed by atoms with Crippen molar-refractivity contribution in [3.63, 3.8) is 0 Å². The van der Waals surface area contributed by atoms with E-state index in [2.05, 4.69) is 4.74 Å². The molecule has 0 aromatic heterocycles. The normalized spacial score (nSPS) is 13.4. The number of carboxylic acids is 1. The van der Waals surface area contributed by atoms with Crippen molar-refractivity contribution in [1.29, 1.82) is 0 Å². The lowest BCUT2D eigenvalue weighted by Crippen LogP contribution is -2.43. The highest BCUT2D eigenvalue weighted by Gasteiger charge is 2.38. The summed E-state index contributed by atoms with van der Waals surface area (Å²) in [6.45, 7) is -0.732. The summed E-state index contributed by atoms with van der Waals surface area (Å²) in [5.74, 6) is -3.64. The van der Waals surface area contributed by atoms with E-state index in [1.165, 1.54) is 5.32 Å². The summed E-state index contributed by atoms with van der Waals surface area (Å²) in [6.07, 6.45) is -6.50. The molecule has 1 amide bonds. The Hall–Kier alpha value is -1.31. The number of carbonyl (C=O) groups is 2. The lowest BCUT2D eigenvalue weighted by atomic mass is 10.3. The minimum atomic E-state index is -5.02. The zero-order valence-electron chi connectivity index (χ0n) is 7.09. The quantitative estimate of drug-likeness (QED) is 0.678. The van der Waals surface area contributed by atoms with Crippen LogP contribution in [0.15, 0.2) is 0 Å². The maximum atomic E-state index is 11.6. The van der Waals surface area contributed by atoms with E-state index >= 15 is 0 Å². The Labute approximate surface area is 76.8 Å². The van der Waals surface area contributed by atoms with Gasteiger partial charge in [0.1, 0.15) is 0 Å². The summed E-state index contributed by atoms with van der Waals surface area (Å²) in [4.78, 5) is 20.5. The molecular weight excluding hydrogens is 207 g/mol. The first kappa shape index (κ1) is 12.7. The average Bonchev–Trinajstić information content (AvgIpc) is 2.02. The number of carbonyl (C=O) groups excluding carboxylic acids is 1. The SMILES string of the molecule is COC(CNC(=O)C(F)(F)F)C(=O)O. The Balaban J connectivity index is 4.05. The van der Waals surface area contributed by atoms with Crippen molar-refractivity contribution in [3.05, 3.63) is 0 Å². The molecule has 0 aromatic carbocycles. The highest BCUT2D eigenvalue weighted by atomic mass is 19.4. The summed E-state index contributed by atoms with van der Waals surface area (Å²) in [6, 6.07) is 0. The van der Waals surface area contributed by atoms with E-state index in [9.17, 15) is 22.8 Å². The largest absolute Gasteiger partial charge is 0.479 e. The third kappa shape index (κ3) is 4.08. The molecule has 0 radical (unpaired) electrons. The molecule has 0 heterocycles. The zero-order chi connectivity index (χ0) is 11.4. The first-order valence-corrected chi connectivity index (χ1v) is 3.39. The molecular formula is C6H8F3NO4. The molecule has 8 heteroatoms. The van der Waals surface area contributed by atoms with Crippen molar-refractivity contribution < 1.29 is 32.6 Å². The van der Waals surface area contributed by atoms with Gasteiger partial charge in [0.15, 0.2) is 6.10 Å². The predicted octanol–water partition coefficient (Wildman–Crippen LogP) is -0.236. The van der Waals surface area contributed by atoms with Gasteiger partial charge < -0.3 is 15.2 Å². The van der Waals surface area contributed by atoms with Gasteiger partial charge in [-0.3, -0.25) is 4.79 Å². The second-order valence-corrected chi connectivity index (χ2v) is 2.27. The van der Waals surface area contributed by atoms with Crippen molar-refractivity contribution in [1.82, 2.24) is 5.32 Å². The van der Waals surface area contributed by atoms with E-state index in [0.717, 1.165) is 7.11 Å². The molecule has 2 N–H and O–H groups in total. The number of methoxy groups -OCH3 is 1. The number of carboxylic acid groups (broad SMARTS) is 1. The van der Waals surface area contributed by atoms with Crippen LogP contribution in [0.3, 0.4) is 0 Å². The van der Waals surface area contributed by atoms with Crippen LogP contribution >= 0.6 is 0 Å². The Morgan fingerprint density at radius 3 is 2.29 bits per heavy atom. The molecule has 0 rings (SSSR count). The van der Waals surface area contributed by atoms with Crippen molar-refractivity contribution >= 4 is 11.9 Å². The maximum Gasteiger partial charge on any atom is 0.471 e. The van der Waals surface area contributed by atoms with Gasteiger partial charge in [0, 0.05) is 7.11 Å². The number of amides is 1. The van der Waals surface area contributed by atoms with Crippen molar-refractivity contribution in [3.8, 4) is 0 Å². The van der Waals surface area contributed by atoms with Gasteiger partial charge in [0.05, 0.1) is 6.54 Å². The Morgan fingerprint density at radius 1 is 1.50 bits per heavy atom. The van der Waals surface area contributed by atoms with Crippen LogP contribution < -0.4 is 5.32 Å². The van der Waals surface area contributed by atoms with Crippen LogP contribution in [0.4, 0.5) is 13.2 Å². The van der Waals surface area contributed by atoms with Gasteiger partial charge in [-0.2, -0.15) is 13.2 Å². The molecule has 0 aliphatic heterocycles. The molecule has 0 fully saturated rings. The second-order valence-electron chi connectivity index (χ2n) is 2.27. The first-order chi connectivity index (χ1) is 6.29. The molecule has 14 heavy (non-hydrogen) atoms. The molecule has 0 aliphatic carbocycles. The van der Waals surface area contributed by atoms with Gasteiger partial charge in [0.2, 0.25) is 0 Å². The van der Waals surface area contributed by atoms with Crippen LogP contribution in [0.2, 0.25) is 0 Å². The number of nitrogens with one attached hydrogen (secondary N) is 1. The first-order valence-electron chi connectivity index (χ1n) is 3.39. The van der Waals surface area contributed by atoms with E-state index in [0.29, 0.717) is 0 Å². The van der Waals surface area contributed by atoms with E-state index < -0.39 is 30.7 Å². The van der Waals surface area contributed by atoms with Gasteiger partial charge in [0.25, 0.3) is 0 Å². The number of ether oxygens (including phenoxy) is 1. The topological polar surface area (TPSA) is 75.6 Å². The smallest absolute Gasteiger partial charge is 0.471 e. The van der Waals surface area contributed by atoms with Gasteiger partial charge in [-0.15, -0.1) is 0 Å². The fourth-order valence-corrected chi connectivity index (χ4v) is 0.557. The van der Waals surface area contributed by atoms with Gasteiger partial charge in [-0.1, -0.05) is 0 Å². The molecule has 0 saturated heterocycles. The highest BCUT2D eigenvalue weighted by Crippen LogP contribution is 2.13. The van der Waals surface area contributed by atoms with Gasteiger partial charge in [-0.05, 0) is 0 Å². The van der Waals surface area contributed by atoms with E-state index in [1.54, 1.807) is 0 Å². The monoisotopic (exact) mass is 215 g/mol.